The normalized spacial score (nSPS) is 14.5. The van der Waals surface area contributed by atoms with Crippen LogP contribution in [-0.2, 0) is 65.4 Å². The highest BCUT2D eigenvalue weighted by atomic mass is 31.2. The van der Waals surface area contributed by atoms with Gasteiger partial charge in [-0.2, -0.15) is 0 Å². The van der Waals surface area contributed by atoms with Crippen LogP contribution in [0.5, 0.6) is 0 Å². The quantitative estimate of drug-likeness (QED) is 0.0222. The highest BCUT2D eigenvalue weighted by molar-refractivity contribution is 7.47. The van der Waals surface area contributed by atoms with Gasteiger partial charge in [0.05, 0.1) is 26.4 Å². The molecule has 0 saturated carbocycles. The van der Waals surface area contributed by atoms with Gasteiger partial charge in [0.1, 0.15) is 19.3 Å². The Bertz CT molecular complexity index is 1770. The number of aliphatic hydroxyl groups excluding tert-OH is 1. The molecule has 0 spiro atoms. The molecule has 17 nitrogen and oxygen atoms in total. The topological polar surface area (TPSA) is 237 Å². The Morgan fingerprint density at radius 3 is 0.844 bits per heavy atom. The Hall–Kier alpha value is -1.94. The molecule has 3 N–H and O–H groups in total. The largest absolute Gasteiger partial charge is 0.472 e. The van der Waals surface area contributed by atoms with E-state index in [1.165, 1.54) is 154 Å². The maximum Gasteiger partial charge on any atom is 0.472 e. The highest BCUT2D eigenvalue weighted by Gasteiger charge is 2.30. The number of aliphatic hydroxyl groups is 1. The number of phosphoric acid groups is 2. The number of unbranched alkanes of at least 4 members (excludes halogenated alkanes) is 36. The highest BCUT2D eigenvalue weighted by Crippen LogP contribution is 2.45. The van der Waals surface area contributed by atoms with Gasteiger partial charge in [-0.1, -0.05) is 305 Å². The van der Waals surface area contributed by atoms with E-state index in [-0.39, 0.29) is 25.7 Å². The third-order valence-corrected chi connectivity index (χ3v) is 18.6. The van der Waals surface area contributed by atoms with Crippen molar-refractivity contribution in [2.45, 2.75) is 375 Å². The molecule has 6 atom stereocenters. The Balaban J connectivity index is 5.17. The maximum absolute atomic E-state index is 13.0. The van der Waals surface area contributed by atoms with Gasteiger partial charge in [0, 0.05) is 25.7 Å². The van der Waals surface area contributed by atoms with Crippen molar-refractivity contribution in [2.75, 3.05) is 39.6 Å². The number of rotatable bonds is 69. The molecule has 534 valence electrons. The zero-order chi connectivity index (χ0) is 66.6. The van der Waals surface area contributed by atoms with Crippen molar-refractivity contribution in [3.05, 3.63) is 0 Å². The summed E-state index contributed by atoms with van der Waals surface area (Å²) in [5.74, 6) is 0.000260. The van der Waals surface area contributed by atoms with E-state index < -0.39 is 97.5 Å². The van der Waals surface area contributed by atoms with Crippen molar-refractivity contribution in [3.8, 4) is 0 Å². The van der Waals surface area contributed by atoms with Crippen molar-refractivity contribution in [1.82, 2.24) is 0 Å². The van der Waals surface area contributed by atoms with Crippen molar-refractivity contribution in [3.63, 3.8) is 0 Å². The molecule has 0 radical (unpaired) electrons. The fourth-order valence-corrected chi connectivity index (χ4v) is 12.3. The van der Waals surface area contributed by atoms with E-state index in [0.717, 1.165) is 109 Å². The third-order valence-electron chi connectivity index (χ3n) is 16.7. The smallest absolute Gasteiger partial charge is 0.462 e. The molecule has 0 aromatic heterocycles. The fraction of sp³-hybridized carbons (Fsp3) is 0.944. The van der Waals surface area contributed by atoms with Gasteiger partial charge in [0.25, 0.3) is 0 Å². The van der Waals surface area contributed by atoms with Gasteiger partial charge in [-0.05, 0) is 43.4 Å². The molecule has 90 heavy (non-hydrogen) atoms. The molecule has 0 aliphatic heterocycles. The van der Waals surface area contributed by atoms with Crippen LogP contribution < -0.4 is 0 Å². The summed E-state index contributed by atoms with van der Waals surface area (Å²) in [6.45, 7) is 11.7. The lowest BCUT2D eigenvalue weighted by molar-refractivity contribution is -0.161. The summed E-state index contributed by atoms with van der Waals surface area (Å²) in [5, 5.41) is 10.6. The molecule has 19 heteroatoms. The lowest BCUT2D eigenvalue weighted by atomic mass is 10.00. The molecule has 0 aromatic rings. The predicted molar refractivity (Wildman–Crippen MR) is 363 cm³/mol. The molecule has 0 amide bonds. The van der Waals surface area contributed by atoms with Gasteiger partial charge in [-0.15, -0.1) is 0 Å². The van der Waals surface area contributed by atoms with Crippen LogP contribution >= 0.6 is 15.6 Å². The lowest BCUT2D eigenvalue weighted by Crippen LogP contribution is -2.30. The molecule has 0 aromatic carbocycles. The predicted octanol–water partition coefficient (Wildman–Crippen LogP) is 20.2. The second-order valence-electron chi connectivity index (χ2n) is 26.8. The minimum atomic E-state index is -4.95. The second-order valence-corrected chi connectivity index (χ2v) is 29.7. The first kappa shape index (κ1) is 88.1. The van der Waals surface area contributed by atoms with Crippen molar-refractivity contribution in [1.29, 1.82) is 0 Å². The molecule has 0 heterocycles. The second kappa shape index (κ2) is 61.9. The summed E-state index contributed by atoms with van der Waals surface area (Å²) < 4.78 is 68.2. The summed E-state index contributed by atoms with van der Waals surface area (Å²) in [6, 6.07) is 0. The molecule has 0 saturated heterocycles. The van der Waals surface area contributed by atoms with Crippen LogP contribution in [0.1, 0.15) is 357 Å². The van der Waals surface area contributed by atoms with Gasteiger partial charge in [0.15, 0.2) is 12.2 Å². The fourth-order valence-electron chi connectivity index (χ4n) is 10.7. The summed E-state index contributed by atoms with van der Waals surface area (Å²) >= 11 is 0. The molecule has 0 aliphatic carbocycles. The van der Waals surface area contributed by atoms with Crippen LogP contribution in [-0.4, -0.2) is 96.7 Å². The SMILES string of the molecule is CCCCCCCCCCCCCCCCCCCCCCC(=O)O[C@H](COC(=O)CCCCCCCCCC(C)C)COP(=O)(O)OC[C@@H](O)COP(=O)(O)OC[C@@H](COC(=O)CCCCCCCCC(C)CC)OC(=O)CCCCCCCCCC(C)C. The molecule has 0 fully saturated rings. The van der Waals surface area contributed by atoms with Crippen molar-refractivity contribution < 1.29 is 80.2 Å². The number of ether oxygens (including phenoxy) is 4. The van der Waals surface area contributed by atoms with Crippen LogP contribution in [0.2, 0.25) is 0 Å². The molecule has 3 unspecified atom stereocenters. The van der Waals surface area contributed by atoms with E-state index in [1.54, 1.807) is 0 Å². The minimum absolute atomic E-state index is 0.102. The standard InChI is InChI=1S/C71H138O17P2/c1-8-10-11-12-13-14-15-16-17-18-19-20-21-22-23-24-25-30-40-47-54-70(75)87-66(58-81-68(73)52-45-38-31-26-28-35-42-49-62(3)4)60-85-89(77,78)83-56-65(72)57-84-90(79,80)86-61-67(88-71(76)55-48-41-32-27-29-36-43-50-63(5)6)59-82-69(74)53-46-39-34-33-37-44-51-64(7)9-2/h62-67,72H,8-61H2,1-7H3,(H,77,78)(H,79,80)/t64?,65-,66-,67-/m1/s1. The van der Waals surface area contributed by atoms with E-state index in [2.05, 4.69) is 48.5 Å². The van der Waals surface area contributed by atoms with Crippen LogP contribution in [0, 0.1) is 17.8 Å². The van der Waals surface area contributed by atoms with E-state index in [1.807, 2.05) is 0 Å². The van der Waals surface area contributed by atoms with Crippen molar-refractivity contribution >= 4 is 39.5 Å². The summed E-state index contributed by atoms with van der Waals surface area (Å²) in [6.07, 6.45) is 46.2. The van der Waals surface area contributed by atoms with Crippen LogP contribution in [0.15, 0.2) is 0 Å². The number of esters is 4. The van der Waals surface area contributed by atoms with Gasteiger partial charge in [-0.25, -0.2) is 9.13 Å². The molecule has 0 rings (SSSR count). The average molecular weight is 1330 g/mol. The Morgan fingerprint density at radius 2 is 0.567 bits per heavy atom. The first-order chi connectivity index (χ1) is 43.3. The third kappa shape index (κ3) is 63.5. The van der Waals surface area contributed by atoms with E-state index in [9.17, 15) is 43.2 Å². The average Bonchev–Trinajstić information content (AvgIpc) is 3.67. The summed E-state index contributed by atoms with van der Waals surface area (Å²) in [7, 11) is -9.90. The van der Waals surface area contributed by atoms with Gasteiger partial charge < -0.3 is 33.8 Å². The van der Waals surface area contributed by atoms with Gasteiger partial charge in [0.2, 0.25) is 0 Å². The first-order valence-electron chi connectivity index (χ1n) is 36.9. The Labute approximate surface area is 549 Å². The van der Waals surface area contributed by atoms with E-state index >= 15 is 0 Å². The van der Waals surface area contributed by atoms with Crippen LogP contribution in [0.25, 0.3) is 0 Å². The van der Waals surface area contributed by atoms with Crippen LogP contribution in [0.4, 0.5) is 0 Å². The summed E-state index contributed by atoms with van der Waals surface area (Å²) in [5.41, 5.74) is 0. The number of carbonyl (C=O) groups excluding carboxylic acids is 4. The number of hydrogen-bond donors (Lipinski definition) is 3. The van der Waals surface area contributed by atoms with E-state index in [0.29, 0.717) is 37.5 Å². The molecule has 0 bridgehead atoms. The van der Waals surface area contributed by atoms with Gasteiger partial charge >= 0.3 is 39.5 Å². The zero-order valence-corrected chi connectivity index (χ0v) is 60.4. The monoisotopic (exact) mass is 1320 g/mol. The zero-order valence-electron chi connectivity index (χ0n) is 58.6. The first-order valence-corrected chi connectivity index (χ1v) is 39.9. The molecular formula is C71H138O17P2. The maximum atomic E-state index is 13.0. The number of carbonyl (C=O) groups is 4. The minimum Gasteiger partial charge on any atom is -0.462 e. The van der Waals surface area contributed by atoms with Crippen LogP contribution in [0.3, 0.4) is 0 Å². The summed E-state index contributed by atoms with van der Waals surface area (Å²) in [4.78, 5) is 72.5. The van der Waals surface area contributed by atoms with Crippen molar-refractivity contribution in [2.24, 2.45) is 17.8 Å². The van der Waals surface area contributed by atoms with E-state index in [4.69, 9.17) is 37.0 Å². The molecular weight excluding hydrogens is 1190 g/mol. The Kier molecular flexibility index (Phi) is 60.6. The molecule has 0 aliphatic rings. The number of hydrogen-bond acceptors (Lipinski definition) is 15. The number of phosphoric ester groups is 2. The lowest BCUT2D eigenvalue weighted by Gasteiger charge is -2.21. The van der Waals surface area contributed by atoms with Gasteiger partial charge in [-0.3, -0.25) is 37.3 Å². The Morgan fingerprint density at radius 1 is 0.322 bits per heavy atom.